The average Bonchev–Trinajstić information content (AvgIpc) is 2.88. The number of aromatic nitrogens is 3. The summed E-state index contributed by atoms with van der Waals surface area (Å²) < 4.78 is 1.76. The zero-order valence-electron chi connectivity index (χ0n) is 11.9. The van der Waals surface area contributed by atoms with Gasteiger partial charge in [0, 0.05) is 30.5 Å². The molecule has 0 aliphatic carbocycles. The van der Waals surface area contributed by atoms with Crippen LogP contribution in [0.3, 0.4) is 0 Å². The van der Waals surface area contributed by atoms with E-state index in [1.54, 1.807) is 29.2 Å². The van der Waals surface area contributed by atoms with Crippen LogP contribution in [-0.2, 0) is 0 Å². The molecule has 20 heavy (non-hydrogen) atoms. The molecule has 6 heteroatoms. The van der Waals surface area contributed by atoms with Crippen molar-refractivity contribution < 1.29 is 4.79 Å². The van der Waals surface area contributed by atoms with Crippen molar-refractivity contribution in [3.05, 3.63) is 36.3 Å². The van der Waals surface area contributed by atoms with Gasteiger partial charge in [0.05, 0.1) is 6.20 Å². The number of rotatable bonds is 5. The molecule has 6 nitrogen and oxygen atoms in total. The molecule has 2 heterocycles. The van der Waals surface area contributed by atoms with E-state index in [4.69, 9.17) is 0 Å². The minimum atomic E-state index is -0.243. The molecule has 106 valence electrons. The second-order valence-electron chi connectivity index (χ2n) is 4.67. The molecule has 0 fully saturated rings. The Kier molecular flexibility index (Phi) is 4.34. The first-order valence-electron chi connectivity index (χ1n) is 6.66. The third-order valence-electron chi connectivity index (χ3n) is 2.77. The fourth-order valence-corrected chi connectivity index (χ4v) is 1.87. The highest BCUT2D eigenvalue weighted by molar-refractivity contribution is 6.02. The van der Waals surface area contributed by atoms with Crippen LogP contribution >= 0.6 is 0 Å². The Hall–Kier alpha value is -2.37. The summed E-state index contributed by atoms with van der Waals surface area (Å²) in [6.45, 7) is 6.81. The summed E-state index contributed by atoms with van der Waals surface area (Å²) in [7, 11) is 0. The summed E-state index contributed by atoms with van der Waals surface area (Å²) in [6.07, 6.45) is 3.28. The summed E-state index contributed by atoms with van der Waals surface area (Å²) in [5.41, 5.74) is 1.25. The number of hydrogen-bond donors (Lipinski definition) is 2. The van der Waals surface area contributed by atoms with Gasteiger partial charge in [-0.1, -0.05) is 0 Å². The van der Waals surface area contributed by atoms with Gasteiger partial charge in [0.2, 0.25) is 0 Å². The molecule has 2 rings (SSSR count). The van der Waals surface area contributed by atoms with Crippen LogP contribution in [0.25, 0.3) is 0 Å². The van der Waals surface area contributed by atoms with E-state index in [9.17, 15) is 4.79 Å². The molecular weight excluding hydrogens is 254 g/mol. The van der Waals surface area contributed by atoms with Crippen molar-refractivity contribution in [1.29, 1.82) is 0 Å². The van der Waals surface area contributed by atoms with Crippen LogP contribution in [0.2, 0.25) is 0 Å². The highest BCUT2D eigenvalue weighted by Gasteiger charge is 2.12. The summed E-state index contributed by atoms with van der Waals surface area (Å²) >= 11 is 0. The van der Waals surface area contributed by atoms with Crippen LogP contribution in [0.5, 0.6) is 0 Å². The summed E-state index contributed by atoms with van der Waals surface area (Å²) in [4.78, 5) is 16.3. The van der Waals surface area contributed by atoms with Gasteiger partial charge in [-0.15, -0.1) is 0 Å². The van der Waals surface area contributed by atoms with E-state index in [1.807, 2.05) is 26.8 Å². The Labute approximate surface area is 118 Å². The van der Waals surface area contributed by atoms with Crippen molar-refractivity contribution in [2.45, 2.75) is 26.8 Å². The lowest BCUT2D eigenvalue weighted by Gasteiger charge is -2.12. The zero-order valence-corrected chi connectivity index (χ0v) is 11.9. The van der Waals surface area contributed by atoms with Crippen molar-refractivity contribution >= 4 is 17.4 Å². The van der Waals surface area contributed by atoms with E-state index < -0.39 is 0 Å². The van der Waals surface area contributed by atoms with Crippen LogP contribution in [-0.4, -0.2) is 27.2 Å². The van der Waals surface area contributed by atoms with E-state index in [-0.39, 0.29) is 11.9 Å². The maximum Gasteiger partial charge on any atom is 0.275 e. The summed E-state index contributed by atoms with van der Waals surface area (Å²) in [5.74, 6) is 0.424. The SMILES string of the molecule is CCNc1ccnc(C(=O)Nc2ccnn2C(C)C)c1. The first-order valence-corrected chi connectivity index (χ1v) is 6.66. The molecule has 0 radical (unpaired) electrons. The number of anilines is 2. The molecule has 0 bridgehead atoms. The standard InChI is InChI=1S/C14H19N5O/c1-4-15-11-5-7-16-12(9-11)14(20)18-13-6-8-17-19(13)10(2)3/h5-10H,4H2,1-3H3,(H,15,16)(H,18,20). The number of nitrogens with one attached hydrogen (secondary N) is 2. The summed E-state index contributed by atoms with van der Waals surface area (Å²) in [5, 5.41) is 10.2. The molecule has 1 amide bonds. The first kappa shape index (κ1) is 14.0. The third kappa shape index (κ3) is 3.14. The van der Waals surface area contributed by atoms with Gasteiger partial charge in [0.25, 0.3) is 5.91 Å². The van der Waals surface area contributed by atoms with E-state index in [2.05, 4.69) is 20.7 Å². The predicted molar refractivity (Wildman–Crippen MR) is 79.0 cm³/mol. The lowest BCUT2D eigenvalue weighted by Crippen LogP contribution is -2.18. The molecule has 0 atom stereocenters. The van der Waals surface area contributed by atoms with Crippen molar-refractivity contribution in [3.8, 4) is 0 Å². The van der Waals surface area contributed by atoms with Crippen molar-refractivity contribution in [2.75, 3.05) is 17.2 Å². The lowest BCUT2D eigenvalue weighted by atomic mass is 10.3. The molecule has 0 spiro atoms. The number of hydrogen-bond acceptors (Lipinski definition) is 4. The monoisotopic (exact) mass is 273 g/mol. The largest absolute Gasteiger partial charge is 0.385 e. The smallest absolute Gasteiger partial charge is 0.275 e. The average molecular weight is 273 g/mol. The number of carbonyl (C=O) groups is 1. The quantitative estimate of drug-likeness (QED) is 0.878. The highest BCUT2D eigenvalue weighted by Crippen LogP contribution is 2.15. The lowest BCUT2D eigenvalue weighted by molar-refractivity contribution is 0.102. The minimum Gasteiger partial charge on any atom is -0.385 e. The highest BCUT2D eigenvalue weighted by atomic mass is 16.2. The molecular formula is C14H19N5O. The topological polar surface area (TPSA) is 71.8 Å². The second kappa shape index (κ2) is 6.18. The van der Waals surface area contributed by atoms with E-state index in [0.717, 1.165) is 12.2 Å². The molecule has 0 saturated carbocycles. The Bertz CT molecular complexity index is 591. The molecule has 2 aromatic rings. The van der Waals surface area contributed by atoms with E-state index in [1.165, 1.54) is 0 Å². The van der Waals surface area contributed by atoms with Gasteiger partial charge in [-0.25, -0.2) is 4.68 Å². The van der Waals surface area contributed by atoms with Crippen molar-refractivity contribution in [2.24, 2.45) is 0 Å². The van der Waals surface area contributed by atoms with Gasteiger partial charge >= 0.3 is 0 Å². The Morgan fingerprint density at radius 2 is 2.15 bits per heavy atom. The van der Waals surface area contributed by atoms with E-state index >= 15 is 0 Å². The van der Waals surface area contributed by atoms with Crippen molar-refractivity contribution in [3.63, 3.8) is 0 Å². The van der Waals surface area contributed by atoms with Crippen LogP contribution in [0.15, 0.2) is 30.6 Å². The van der Waals surface area contributed by atoms with Gasteiger partial charge in [-0.2, -0.15) is 5.10 Å². The summed E-state index contributed by atoms with van der Waals surface area (Å²) in [6, 6.07) is 5.51. The van der Waals surface area contributed by atoms with Crippen LogP contribution in [0.1, 0.15) is 37.3 Å². The van der Waals surface area contributed by atoms with Crippen LogP contribution in [0, 0.1) is 0 Å². The maximum absolute atomic E-state index is 12.2. The van der Waals surface area contributed by atoms with Crippen molar-refractivity contribution in [1.82, 2.24) is 14.8 Å². The van der Waals surface area contributed by atoms with Gasteiger partial charge in [-0.3, -0.25) is 9.78 Å². The predicted octanol–water partition coefficient (Wildman–Crippen LogP) is 2.54. The fraction of sp³-hybridized carbons (Fsp3) is 0.357. The fourth-order valence-electron chi connectivity index (χ4n) is 1.87. The first-order chi connectivity index (χ1) is 9.61. The number of pyridine rings is 1. The third-order valence-corrected chi connectivity index (χ3v) is 2.77. The number of amides is 1. The van der Waals surface area contributed by atoms with Gasteiger partial charge < -0.3 is 10.6 Å². The molecule has 0 aliphatic rings. The molecule has 0 unspecified atom stereocenters. The van der Waals surface area contributed by atoms with Gasteiger partial charge in [0.1, 0.15) is 11.5 Å². The minimum absolute atomic E-state index is 0.182. The number of carbonyl (C=O) groups excluding carboxylic acids is 1. The van der Waals surface area contributed by atoms with Crippen LogP contribution < -0.4 is 10.6 Å². The van der Waals surface area contributed by atoms with E-state index in [0.29, 0.717) is 11.5 Å². The van der Waals surface area contributed by atoms with Gasteiger partial charge in [-0.05, 0) is 32.9 Å². The molecule has 0 aromatic carbocycles. The zero-order chi connectivity index (χ0) is 14.5. The van der Waals surface area contributed by atoms with Crippen LogP contribution in [0.4, 0.5) is 11.5 Å². The maximum atomic E-state index is 12.2. The Morgan fingerprint density at radius 1 is 1.35 bits per heavy atom. The second-order valence-corrected chi connectivity index (χ2v) is 4.67. The Balaban J connectivity index is 2.15. The molecule has 2 N–H and O–H groups in total. The van der Waals surface area contributed by atoms with Gasteiger partial charge in [0.15, 0.2) is 0 Å². The molecule has 0 aliphatic heterocycles. The normalized spacial score (nSPS) is 10.6. The Morgan fingerprint density at radius 3 is 2.85 bits per heavy atom. The molecule has 2 aromatic heterocycles. The molecule has 0 saturated heterocycles. The number of nitrogens with zero attached hydrogens (tertiary/aromatic N) is 3.